The summed E-state index contributed by atoms with van der Waals surface area (Å²) in [6.07, 6.45) is -0.913. The Morgan fingerprint density at radius 2 is 1.85 bits per heavy atom. The van der Waals surface area contributed by atoms with Gasteiger partial charge < -0.3 is 14.6 Å². The van der Waals surface area contributed by atoms with Gasteiger partial charge in [0, 0.05) is 29.3 Å². The highest BCUT2D eigenvalue weighted by molar-refractivity contribution is 7.93. The molecule has 3 aromatic rings. The maximum absolute atomic E-state index is 13.3. The van der Waals surface area contributed by atoms with E-state index in [-0.39, 0.29) is 37.6 Å². The smallest absolute Gasteiger partial charge is 0.265 e. The Morgan fingerprint density at radius 1 is 1.15 bits per heavy atom. The minimum Gasteiger partial charge on any atom is -0.492 e. The molecule has 1 aliphatic heterocycles. The molecule has 1 fully saturated rings. The first kappa shape index (κ1) is 24.6. The fourth-order valence-corrected chi connectivity index (χ4v) is 6.93. The number of nitrogens with one attached hydrogen (secondary N) is 2. The predicted octanol–water partition coefficient (Wildman–Crippen LogP) is 2.39. The summed E-state index contributed by atoms with van der Waals surface area (Å²) < 4.78 is 36.7. The van der Waals surface area contributed by atoms with Crippen molar-refractivity contribution in [2.24, 2.45) is 0 Å². The van der Waals surface area contributed by atoms with Gasteiger partial charge in [0.25, 0.3) is 5.91 Å². The first-order valence-electron chi connectivity index (χ1n) is 10.8. The molecule has 1 atom stereocenters. The molecule has 182 valence electrons. The topological polar surface area (TPSA) is 134 Å². The molecule has 1 amide bonds. The Labute approximate surface area is 201 Å². The van der Waals surface area contributed by atoms with Crippen molar-refractivity contribution >= 4 is 37.2 Å². The molecule has 9 nitrogen and oxygen atoms in total. The summed E-state index contributed by atoms with van der Waals surface area (Å²) in [6, 6.07) is 15.6. The number of ether oxygens (including phenoxy) is 2. The maximum Gasteiger partial charge on any atom is 0.265 e. The van der Waals surface area contributed by atoms with Crippen molar-refractivity contribution in [2.75, 3.05) is 26.4 Å². The Bertz CT molecular complexity index is 1200. The number of aliphatic hydroxyl groups excluding tert-OH is 1. The van der Waals surface area contributed by atoms with Gasteiger partial charge in [-0.1, -0.05) is 18.2 Å². The molecule has 4 rings (SSSR count). The number of sulfone groups is 1. The number of fused-ring (bicyclic) bond motifs is 1. The van der Waals surface area contributed by atoms with Crippen LogP contribution in [0, 0.1) is 0 Å². The van der Waals surface area contributed by atoms with Crippen LogP contribution in [-0.2, 0) is 19.4 Å². The molecule has 4 N–H and O–H groups in total. The highest BCUT2D eigenvalue weighted by atomic mass is 32.2. The lowest BCUT2D eigenvalue weighted by atomic mass is 9.98. The third-order valence-electron chi connectivity index (χ3n) is 5.89. The predicted molar refractivity (Wildman–Crippen MR) is 127 cm³/mol. The van der Waals surface area contributed by atoms with Gasteiger partial charge in [0.2, 0.25) is 0 Å². The Balaban J connectivity index is 1.34. The molecule has 0 bridgehead atoms. The first-order valence-corrected chi connectivity index (χ1v) is 13.1. The molecule has 0 saturated carbocycles. The van der Waals surface area contributed by atoms with Gasteiger partial charge in [-0.05, 0) is 54.6 Å². The quantitative estimate of drug-likeness (QED) is 0.150. The number of hydrogen-bond donors (Lipinski definition) is 4. The van der Waals surface area contributed by atoms with E-state index >= 15 is 0 Å². The first-order chi connectivity index (χ1) is 16.4. The van der Waals surface area contributed by atoms with Crippen LogP contribution in [0.4, 0.5) is 0 Å². The van der Waals surface area contributed by atoms with Gasteiger partial charge in [0.1, 0.15) is 18.6 Å². The third-order valence-corrected chi connectivity index (χ3v) is 9.57. The lowest BCUT2D eigenvalue weighted by Gasteiger charge is -2.34. The summed E-state index contributed by atoms with van der Waals surface area (Å²) in [5.74, 6) is -0.510. The van der Waals surface area contributed by atoms with Gasteiger partial charge in [0.05, 0.1) is 4.90 Å². The second-order valence-electron chi connectivity index (χ2n) is 7.91. The zero-order valence-electron chi connectivity index (χ0n) is 18.3. The van der Waals surface area contributed by atoms with Crippen LogP contribution in [0.25, 0.3) is 10.1 Å². The average Bonchev–Trinajstić information content (AvgIpc) is 3.31. The van der Waals surface area contributed by atoms with Crippen molar-refractivity contribution in [3.63, 3.8) is 0 Å². The summed E-state index contributed by atoms with van der Waals surface area (Å²) in [5, 5.41) is 23.6. The van der Waals surface area contributed by atoms with E-state index in [1.807, 2.05) is 30.3 Å². The Morgan fingerprint density at radius 3 is 2.53 bits per heavy atom. The molecule has 1 aromatic heterocycles. The van der Waals surface area contributed by atoms with Crippen LogP contribution < -0.4 is 15.5 Å². The molecule has 0 spiro atoms. The van der Waals surface area contributed by atoms with E-state index in [1.165, 1.54) is 41.1 Å². The number of amides is 1. The summed E-state index contributed by atoms with van der Waals surface area (Å²) >= 11 is 1.52. The zero-order chi connectivity index (χ0) is 24.2. The van der Waals surface area contributed by atoms with E-state index < -0.39 is 26.7 Å². The summed E-state index contributed by atoms with van der Waals surface area (Å²) in [4.78, 5) is 13.1. The van der Waals surface area contributed by atoms with Crippen LogP contribution in [0.15, 0.2) is 59.5 Å². The van der Waals surface area contributed by atoms with Gasteiger partial charge in [-0.25, -0.2) is 13.9 Å². The monoisotopic (exact) mass is 506 g/mol. The van der Waals surface area contributed by atoms with Crippen LogP contribution in [0.2, 0.25) is 0 Å². The van der Waals surface area contributed by atoms with Crippen molar-refractivity contribution in [2.45, 2.75) is 28.7 Å². The van der Waals surface area contributed by atoms with Crippen LogP contribution in [0.1, 0.15) is 23.9 Å². The lowest BCUT2D eigenvalue weighted by Crippen LogP contribution is -2.54. The molecule has 11 heteroatoms. The number of hydrogen-bond acceptors (Lipinski definition) is 9. The number of hydroxylamine groups is 1. The maximum atomic E-state index is 13.3. The number of carbonyl (C=O) groups excluding carboxylic acids is 1. The number of carbonyl (C=O) groups is 1. The molecule has 1 saturated heterocycles. The van der Waals surface area contributed by atoms with Crippen LogP contribution >= 0.6 is 11.3 Å². The van der Waals surface area contributed by atoms with Crippen molar-refractivity contribution < 1.29 is 33.0 Å². The fraction of sp³-hybridized carbons (Fsp3) is 0.348. The molecule has 1 unspecified atom stereocenters. The van der Waals surface area contributed by atoms with E-state index in [2.05, 4.69) is 5.32 Å². The van der Waals surface area contributed by atoms with Gasteiger partial charge in [-0.2, -0.15) is 0 Å². The SMILES string of the molecule is O=C(NO)C1(S(=O)(=O)c2ccc(OCCNC(O)c3cc4ccccc4s3)cc2)CCOCC1. The molecular weight excluding hydrogens is 480 g/mol. The number of thiophene rings is 1. The standard InChI is InChI=1S/C23H26N2O7S2/c26-21(20-15-16-3-1-2-4-19(16)33-20)24-11-14-32-17-5-7-18(8-6-17)34(29,30)23(22(27)25-28)9-12-31-13-10-23/h1-8,15,21,24,26,28H,9-14H2,(H,25,27). The normalized spacial score (nSPS) is 16.8. The van der Waals surface area contributed by atoms with Gasteiger partial charge in [-0.15, -0.1) is 11.3 Å². The zero-order valence-corrected chi connectivity index (χ0v) is 19.9. The molecule has 0 aliphatic carbocycles. The van der Waals surface area contributed by atoms with Crippen molar-refractivity contribution in [3.05, 3.63) is 59.5 Å². The van der Waals surface area contributed by atoms with Crippen molar-refractivity contribution in [1.29, 1.82) is 0 Å². The summed E-state index contributed by atoms with van der Waals surface area (Å²) in [5.41, 5.74) is 1.50. The number of benzene rings is 2. The highest BCUT2D eigenvalue weighted by Crippen LogP contribution is 2.36. The van der Waals surface area contributed by atoms with Crippen LogP contribution in [-0.4, -0.2) is 55.8 Å². The second kappa shape index (κ2) is 10.4. The Kier molecular flexibility index (Phi) is 7.51. The van der Waals surface area contributed by atoms with E-state index in [1.54, 1.807) is 0 Å². The minimum absolute atomic E-state index is 0.0383. The minimum atomic E-state index is -4.08. The van der Waals surface area contributed by atoms with Gasteiger partial charge in [-0.3, -0.25) is 15.3 Å². The molecule has 1 aliphatic rings. The molecule has 34 heavy (non-hydrogen) atoms. The highest BCUT2D eigenvalue weighted by Gasteiger charge is 2.52. The van der Waals surface area contributed by atoms with E-state index in [0.717, 1.165) is 15.0 Å². The van der Waals surface area contributed by atoms with Crippen molar-refractivity contribution in [3.8, 4) is 5.75 Å². The molecule has 2 aromatic carbocycles. The van der Waals surface area contributed by atoms with E-state index in [9.17, 15) is 18.3 Å². The molecule has 2 heterocycles. The Hall–Kier alpha value is -2.54. The largest absolute Gasteiger partial charge is 0.492 e. The fourth-order valence-electron chi connectivity index (χ4n) is 3.96. The van der Waals surface area contributed by atoms with Crippen LogP contribution in [0.3, 0.4) is 0 Å². The second-order valence-corrected chi connectivity index (χ2v) is 11.3. The number of aliphatic hydroxyl groups is 1. The average molecular weight is 507 g/mol. The lowest BCUT2D eigenvalue weighted by molar-refractivity contribution is -0.134. The summed E-state index contributed by atoms with van der Waals surface area (Å²) in [7, 11) is -4.08. The summed E-state index contributed by atoms with van der Waals surface area (Å²) in [6.45, 7) is 0.833. The van der Waals surface area contributed by atoms with Crippen molar-refractivity contribution in [1.82, 2.24) is 10.8 Å². The van der Waals surface area contributed by atoms with Gasteiger partial charge in [0.15, 0.2) is 14.6 Å². The van der Waals surface area contributed by atoms with Crippen LogP contribution in [0.5, 0.6) is 5.75 Å². The van der Waals surface area contributed by atoms with Gasteiger partial charge >= 0.3 is 0 Å². The molecule has 0 radical (unpaired) electrons. The van der Waals surface area contributed by atoms with E-state index in [0.29, 0.717) is 12.3 Å². The number of rotatable bonds is 9. The van der Waals surface area contributed by atoms with E-state index in [4.69, 9.17) is 14.7 Å². The third kappa shape index (κ3) is 4.81. The molecular formula is C23H26N2O7S2.